The SMILES string of the molecule is COc1nc(Cl)nc(-c2cccc(C(F)(F)F)c2)n1. The highest BCUT2D eigenvalue weighted by molar-refractivity contribution is 6.28. The molecule has 0 aliphatic carbocycles. The van der Waals surface area contributed by atoms with Crippen LogP contribution < -0.4 is 4.74 Å². The normalized spacial score (nSPS) is 11.4. The molecule has 1 heterocycles. The maximum absolute atomic E-state index is 12.6. The molecule has 2 rings (SSSR count). The number of hydrogen-bond acceptors (Lipinski definition) is 4. The average Bonchev–Trinajstić information content (AvgIpc) is 2.37. The second kappa shape index (κ2) is 5.00. The highest BCUT2D eigenvalue weighted by Gasteiger charge is 2.30. The average molecular weight is 290 g/mol. The van der Waals surface area contributed by atoms with E-state index >= 15 is 0 Å². The molecule has 2 aromatic rings. The number of ether oxygens (including phenoxy) is 1. The number of nitrogens with zero attached hydrogens (tertiary/aromatic N) is 3. The van der Waals surface area contributed by atoms with Crippen molar-refractivity contribution in [2.45, 2.75) is 6.18 Å². The van der Waals surface area contributed by atoms with Crippen LogP contribution in [0, 0.1) is 0 Å². The Labute approximate surface area is 111 Å². The molecule has 0 bridgehead atoms. The summed E-state index contributed by atoms with van der Waals surface area (Å²) in [6.07, 6.45) is -4.43. The molecule has 0 unspecified atom stereocenters. The van der Waals surface area contributed by atoms with E-state index in [1.165, 1.54) is 19.2 Å². The van der Waals surface area contributed by atoms with Crippen LogP contribution in [0.1, 0.15) is 5.56 Å². The van der Waals surface area contributed by atoms with Gasteiger partial charge < -0.3 is 4.74 Å². The van der Waals surface area contributed by atoms with E-state index in [4.69, 9.17) is 16.3 Å². The number of rotatable bonds is 2. The summed E-state index contributed by atoms with van der Waals surface area (Å²) >= 11 is 5.64. The number of aromatic nitrogens is 3. The molecule has 0 saturated heterocycles. The van der Waals surface area contributed by atoms with Crippen molar-refractivity contribution in [2.24, 2.45) is 0 Å². The maximum Gasteiger partial charge on any atom is 0.416 e. The molecule has 0 fully saturated rings. The van der Waals surface area contributed by atoms with Crippen LogP contribution in [0.2, 0.25) is 5.28 Å². The lowest BCUT2D eigenvalue weighted by Gasteiger charge is -2.08. The van der Waals surface area contributed by atoms with Gasteiger partial charge in [-0.25, -0.2) is 0 Å². The third-order valence-electron chi connectivity index (χ3n) is 2.22. The van der Waals surface area contributed by atoms with Gasteiger partial charge in [-0.3, -0.25) is 0 Å². The molecular weight excluding hydrogens is 283 g/mol. The predicted octanol–water partition coefficient (Wildman–Crippen LogP) is 3.22. The van der Waals surface area contributed by atoms with E-state index in [-0.39, 0.29) is 22.7 Å². The maximum atomic E-state index is 12.6. The van der Waals surface area contributed by atoms with Crippen molar-refractivity contribution in [2.75, 3.05) is 7.11 Å². The molecule has 1 aromatic carbocycles. The molecule has 0 saturated carbocycles. The summed E-state index contributed by atoms with van der Waals surface area (Å²) in [5.41, 5.74) is -0.613. The standard InChI is InChI=1S/C11H7ClF3N3O/c1-19-10-17-8(16-9(12)18-10)6-3-2-4-7(5-6)11(13,14)15/h2-5H,1H3. The van der Waals surface area contributed by atoms with Crippen LogP contribution in [0.5, 0.6) is 6.01 Å². The zero-order chi connectivity index (χ0) is 14.0. The summed E-state index contributed by atoms with van der Waals surface area (Å²) in [4.78, 5) is 11.3. The summed E-state index contributed by atoms with van der Waals surface area (Å²) in [5, 5.41) is -0.153. The van der Waals surface area contributed by atoms with Crippen molar-refractivity contribution in [3.05, 3.63) is 35.1 Å². The zero-order valence-corrected chi connectivity index (χ0v) is 10.3. The quantitative estimate of drug-likeness (QED) is 0.852. The number of hydrogen-bond donors (Lipinski definition) is 0. The number of benzene rings is 1. The summed E-state index contributed by atoms with van der Waals surface area (Å²) < 4.78 is 42.6. The lowest BCUT2D eigenvalue weighted by Crippen LogP contribution is -2.05. The van der Waals surface area contributed by atoms with Gasteiger partial charge in [-0.1, -0.05) is 12.1 Å². The first-order chi connectivity index (χ1) is 8.90. The molecule has 0 radical (unpaired) electrons. The van der Waals surface area contributed by atoms with Gasteiger partial charge >= 0.3 is 12.2 Å². The molecule has 0 spiro atoms. The first-order valence-corrected chi connectivity index (χ1v) is 5.41. The Balaban J connectivity index is 2.50. The molecule has 100 valence electrons. The fourth-order valence-electron chi connectivity index (χ4n) is 1.39. The van der Waals surface area contributed by atoms with E-state index in [9.17, 15) is 13.2 Å². The fourth-order valence-corrected chi connectivity index (χ4v) is 1.54. The predicted molar refractivity (Wildman–Crippen MR) is 61.8 cm³/mol. The van der Waals surface area contributed by atoms with Gasteiger partial charge in [0, 0.05) is 5.56 Å². The second-order valence-electron chi connectivity index (χ2n) is 3.49. The number of alkyl halides is 3. The van der Waals surface area contributed by atoms with Crippen LogP contribution in [0.3, 0.4) is 0 Å². The first-order valence-electron chi connectivity index (χ1n) is 5.03. The topological polar surface area (TPSA) is 47.9 Å². The van der Waals surface area contributed by atoms with Gasteiger partial charge in [-0.05, 0) is 23.7 Å². The van der Waals surface area contributed by atoms with E-state index in [0.29, 0.717) is 0 Å². The molecule has 19 heavy (non-hydrogen) atoms. The molecule has 0 amide bonds. The van der Waals surface area contributed by atoms with Crippen molar-refractivity contribution >= 4 is 11.6 Å². The summed E-state index contributed by atoms with van der Waals surface area (Å²) in [6.45, 7) is 0. The van der Waals surface area contributed by atoms with Gasteiger partial charge in [-0.15, -0.1) is 0 Å². The summed E-state index contributed by atoms with van der Waals surface area (Å²) in [5.74, 6) is 0.0166. The van der Waals surface area contributed by atoms with Crippen molar-refractivity contribution in [1.82, 2.24) is 15.0 Å². The number of halogens is 4. The smallest absolute Gasteiger partial charge is 0.416 e. The van der Waals surface area contributed by atoms with E-state index in [1.807, 2.05) is 0 Å². The third-order valence-corrected chi connectivity index (χ3v) is 2.39. The highest BCUT2D eigenvalue weighted by Crippen LogP contribution is 2.31. The van der Waals surface area contributed by atoms with Crippen LogP contribution in [-0.4, -0.2) is 22.1 Å². The van der Waals surface area contributed by atoms with Gasteiger partial charge in [0.1, 0.15) is 0 Å². The minimum absolute atomic E-state index is 0.0166. The van der Waals surface area contributed by atoms with Crippen LogP contribution in [0.15, 0.2) is 24.3 Å². The number of methoxy groups -OCH3 is 1. The highest BCUT2D eigenvalue weighted by atomic mass is 35.5. The van der Waals surface area contributed by atoms with Crippen molar-refractivity contribution in [3.63, 3.8) is 0 Å². The Morgan fingerprint density at radius 1 is 1.16 bits per heavy atom. The lowest BCUT2D eigenvalue weighted by molar-refractivity contribution is -0.137. The minimum Gasteiger partial charge on any atom is -0.467 e. The fraction of sp³-hybridized carbons (Fsp3) is 0.182. The lowest BCUT2D eigenvalue weighted by atomic mass is 10.1. The van der Waals surface area contributed by atoms with E-state index < -0.39 is 11.7 Å². The third kappa shape index (κ3) is 3.11. The van der Waals surface area contributed by atoms with Crippen molar-refractivity contribution < 1.29 is 17.9 Å². The van der Waals surface area contributed by atoms with Gasteiger partial charge in [0.15, 0.2) is 5.82 Å². The van der Waals surface area contributed by atoms with E-state index in [0.717, 1.165) is 12.1 Å². The van der Waals surface area contributed by atoms with Gasteiger partial charge in [0.25, 0.3) is 0 Å². The first kappa shape index (κ1) is 13.5. The van der Waals surface area contributed by atoms with Gasteiger partial charge in [-0.2, -0.15) is 28.1 Å². The molecule has 0 aliphatic rings. The Morgan fingerprint density at radius 2 is 1.89 bits per heavy atom. The summed E-state index contributed by atoms with van der Waals surface area (Å²) in [7, 11) is 1.32. The Morgan fingerprint density at radius 3 is 2.53 bits per heavy atom. The van der Waals surface area contributed by atoms with Crippen LogP contribution >= 0.6 is 11.6 Å². The molecule has 0 atom stereocenters. The van der Waals surface area contributed by atoms with Crippen molar-refractivity contribution in [1.29, 1.82) is 0 Å². The van der Waals surface area contributed by atoms with Gasteiger partial charge in [0.2, 0.25) is 5.28 Å². The van der Waals surface area contributed by atoms with Crippen molar-refractivity contribution in [3.8, 4) is 17.4 Å². The van der Waals surface area contributed by atoms with E-state index in [2.05, 4.69) is 15.0 Å². The monoisotopic (exact) mass is 289 g/mol. The molecule has 1 aromatic heterocycles. The second-order valence-corrected chi connectivity index (χ2v) is 3.83. The Kier molecular flexibility index (Phi) is 3.57. The zero-order valence-electron chi connectivity index (χ0n) is 9.57. The van der Waals surface area contributed by atoms with Crippen LogP contribution in [0.4, 0.5) is 13.2 Å². The van der Waals surface area contributed by atoms with Gasteiger partial charge in [0.05, 0.1) is 12.7 Å². The Hall–Kier alpha value is -1.89. The molecule has 8 heteroatoms. The summed E-state index contributed by atoms with van der Waals surface area (Å²) in [6, 6.07) is 4.55. The minimum atomic E-state index is -4.43. The van der Waals surface area contributed by atoms with E-state index in [1.54, 1.807) is 0 Å². The van der Waals surface area contributed by atoms with Crippen LogP contribution in [0.25, 0.3) is 11.4 Å². The molecule has 4 nitrogen and oxygen atoms in total. The Bertz CT molecular complexity index is 604. The molecular formula is C11H7ClF3N3O. The molecule has 0 N–H and O–H groups in total. The molecule has 0 aliphatic heterocycles. The largest absolute Gasteiger partial charge is 0.467 e. The van der Waals surface area contributed by atoms with Crippen LogP contribution in [-0.2, 0) is 6.18 Å².